The standard InChI is InChI=1S/C20H28N4O2S/c1-5-24(17-11-13-27(25,26)14-17)18-10-12-21-19(23-18)22-16-8-6-15(7-9-16)20(2,3)4/h6-10,12,17H,5,11,13-14H2,1-4H3,(H,21,22,23). The van der Waals surface area contributed by atoms with E-state index >= 15 is 0 Å². The fourth-order valence-corrected chi connectivity index (χ4v) is 5.11. The Morgan fingerprint density at radius 3 is 2.44 bits per heavy atom. The predicted molar refractivity (Wildman–Crippen MR) is 111 cm³/mol. The molecule has 2 aromatic rings. The van der Waals surface area contributed by atoms with Crippen molar-refractivity contribution in [2.75, 3.05) is 28.3 Å². The average molecular weight is 389 g/mol. The first-order chi connectivity index (χ1) is 12.7. The van der Waals surface area contributed by atoms with E-state index in [4.69, 9.17) is 0 Å². The highest BCUT2D eigenvalue weighted by Gasteiger charge is 2.32. The number of benzene rings is 1. The maximum absolute atomic E-state index is 11.8. The lowest BCUT2D eigenvalue weighted by atomic mass is 9.87. The molecule has 1 unspecified atom stereocenters. The third-order valence-electron chi connectivity index (χ3n) is 4.93. The van der Waals surface area contributed by atoms with E-state index in [9.17, 15) is 8.42 Å². The Labute approximate surface area is 162 Å². The second-order valence-corrected chi connectivity index (χ2v) is 10.3. The van der Waals surface area contributed by atoms with Crippen molar-refractivity contribution in [3.8, 4) is 0 Å². The molecular formula is C20H28N4O2S. The maximum atomic E-state index is 11.8. The number of anilines is 3. The summed E-state index contributed by atoms with van der Waals surface area (Å²) in [5.41, 5.74) is 2.30. The molecule has 1 aliphatic rings. The van der Waals surface area contributed by atoms with Crippen molar-refractivity contribution in [2.24, 2.45) is 0 Å². The minimum Gasteiger partial charge on any atom is -0.353 e. The number of hydrogen-bond acceptors (Lipinski definition) is 6. The van der Waals surface area contributed by atoms with Gasteiger partial charge in [-0.05, 0) is 42.5 Å². The summed E-state index contributed by atoms with van der Waals surface area (Å²) in [4.78, 5) is 11.0. The van der Waals surface area contributed by atoms with E-state index in [-0.39, 0.29) is 23.0 Å². The molecule has 0 spiro atoms. The van der Waals surface area contributed by atoms with Crippen molar-refractivity contribution < 1.29 is 8.42 Å². The number of aromatic nitrogens is 2. The third-order valence-corrected chi connectivity index (χ3v) is 6.68. The molecular weight excluding hydrogens is 360 g/mol. The fraction of sp³-hybridized carbons (Fsp3) is 0.500. The second kappa shape index (κ2) is 7.46. The molecule has 1 saturated heterocycles. The van der Waals surface area contributed by atoms with Gasteiger partial charge in [0.15, 0.2) is 9.84 Å². The Bertz CT molecular complexity index is 889. The molecule has 0 bridgehead atoms. The highest BCUT2D eigenvalue weighted by atomic mass is 32.2. The minimum absolute atomic E-state index is 0.0196. The number of nitrogens with one attached hydrogen (secondary N) is 1. The van der Waals surface area contributed by atoms with Crippen molar-refractivity contribution in [1.29, 1.82) is 0 Å². The average Bonchev–Trinajstić information content (AvgIpc) is 2.95. The van der Waals surface area contributed by atoms with Crippen LogP contribution >= 0.6 is 0 Å². The van der Waals surface area contributed by atoms with Crippen LogP contribution in [0.15, 0.2) is 36.5 Å². The van der Waals surface area contributed by atoms with Crippen molar-refractivity contribution in [2.45, 2.75) is 45.6 Å². The fourth-order valence-electron chi connectivity index (χ4n) is 3.38. The molecule has 1 N–H and O–H groups in total. The summed E-state index contributed by atoms with van der Waals surface area (Å²) in [6, 6.07) is 10.1. The molecule has 1 aromatic carbocycles. The molecule has 0 amide bonds. The lowest BCUT2D eigenvalue weighted by Crippen LogP contribution is -2.36. The van der Waals surface area contributed by atoms with Crippen LogP contribution in [0.4, 0.5) is 17.5 Å². The van der Waals surface area contributed by atoms with E-state index in [1.807, 2.05) is 25.1 Å². The topological polar surface area (TPSA) is 75.2 Å². The van der Waals surface area contributed by atoms with Gasteiger partial charge in [0, 0.05) is 24.5 Å². The van der Waals surface area contributed by atoms with Gasteiger partial charge in [0.2, 0.25) is 5.95 Å². The highest BCUT2D eigenvalue weighted by Crippen LogP contribution is 2.26. The Kier molecular flexibility index (Phi) is 5.42. The highest BCUT2D eigenvalue weighted by molar-refractivity contribution is 7.91. The van der Waals surface area contributed by atoms with Crippen LogP contribution in [0.3, 0.4) is 0 Å². The van der Waals surface area contributed by atoms with E-state index in [2.05, 4.69) is 53.1 Å². The van der Waals surface area contributed by atoms with Gasteiger partial charge in [-0.2, -0.15) is 4.98 Å². The molecule has 0 radical (unpaired) electrons. The van der Waals surface area contributed by atoms with E-state index in [1.165, 1.54) is 5.56 Å². The summed E-state index contributed by atoms with van der Waals surface area (Å²) in [5.74, 6) is 1.71. The second-order valence-electron chi connectivity index (χ2n) is 8.03. The summed E-state index contributed by atoms with van der Waals surface area (Å²) in [5, 5.41) is 3.24. The molecule has 1 aromatic heterocycles. The Balaban J connectivity index is 1.77. The SMILES string of the molecule is CCN(c1ccnc(Nc2ccc(C(C)(C)C)cc2)n1)C1CCS(=O)(=O)C1. The lowest BCUT2D eigenvalue weighted by Gasteiger charge is -2.28. The van der Waals surface area contributed by atoms with Crippen LogP contribution in [-0.2, 0) is 15.3 Å². The Hall–Kier alpha value is -2.15. The first-order valence-electron chi connectivity index (χ1n) is 9.35. The Morgan fingerprint density at radius 1 is 1.19 bits per heavy atom. The van der Waals surface area contributed by atoms with Gasteiger partial charge in [0.05, 0.1) is 11.5 Å². The van der Waals surface area contributed by atoms with Crippen LogP contribution in [0.2, 0.25) is 0 Å². The van der Waals surface area contributed by atoms with Gasteiger partial charge in [-0.15, -0.1) is 0 Å². The van der Waals surface area contributed by atoms with E-state index in [1.54, 1.807) is 6.20 Å². The van der Waals surface area contributed by atoms with Crippen molar-refractivity contribution in [3.05, 3.63) is 42.1 Å². The zero-order chi connectivity index (χ0) is 19.7. The minimum atomic E-state index is -2.93. The first kappa shape index (κ1) is 19.6. The van der Waals surface area contributed by atoms with Gasteiger partial charge in [-0.3, -0.25) is 0 Å². The quantitative estimate of drug-likeness (QED) is 0.844. The van der Waals surface area contributed by atoms with E-state index < -0.39 is 9.84 Å². The summed E-state index contributed by atoms with van der Waals surface area (Å²) < 4.78 is 23.7. The van der Waals surface area contributed by atoms with Gasteiger partial charge in [0.25, 0.3) is 0 Å². The zero-order valence-corrected chi connectivity index (χ0v) is 17.3. The molecule has 146 valence electrons. The van der Waals surface area contributed by atoms with Crippen LogP contribution < -0.4 is 10.2 Å². The van der Waals surface area contributed by atoms with E-state index in [0.717, 1.165) is 11.5 Å². The molecule has 1 aliphatic heterocycles. The summed E-state index contributed by atoms with van der Waals surface area (Å²) in [6.07, 6.45) is 2.36. The predicted octanol–water partition coefficient (Wildman–Crippen LogP) is 3.53. The lowest BCUT2D eigenvalue weighted by molar-refractivity contribution is 0.590. The molecule has 27 heavy (non-hydrogen) atoms. The molecule has 1 fully saturated rings. The van der Waals surface area contributed by atoms with Gasteiger partial charge in [-0.1, -0.05) is 32.9 Å². The molecule has 6 nitrogen and oxygen atoms in total. The molecule has 3 rings (SSSR count). The van der Waals surface area contributed by atoms with Crippen molar-refractivity contribution in [3.63, 3.8) is 0 Å². The molecule has 1 atom stereocenters. The van der Waals surface area contributed by atoms with Crippen LogP contribution in [0.25, 0.3) is 0 Å². The summed E-state index contributed by atoms with van der Waals surface area (Å²) in [6.45, 7) is 9.28. The smallest absolute Gasteiger partial charge is 0.229 e. The zero-order valence-electron chi connectivity index (χ0n) is 16.4. The molecule has 7 heteroatoms. The number of nitrogens with zero attached hydrogens (tertiary/aromatic N) is 3. The molecule has 0 saturated carbocycles. The molecule has 2 heterocycles. The largest absolute Gasteiger partial charge is 0.353 e. The number of hydrogen-bond donors (Lipinski definition) is 1. The number of sulfone groups is 1. The first-order valence-corrected chi connectivity index (χ1v) is 11.2. The van der Waals surface area contributed by atoms with Crippen LogP contribution in [0, 0.1) is 0 Å². The molecule has 0 aliphatic carbocycles. The summed E-state index contributed by atoms with van der Waals surface area (Å²) >= 11 is 0. The van der Waals surface area contributed by atoms with Gasteiger partial charge >= 0.3 is 0 Å². The maximum Gasteiger partial charge on any atom is 0.229 e. The van der Waals surface area contributed by atoms with Crippen LogP contribution in [-0.4, -0.2) is 42.5 Å². The van der Waals surface area contributed by atoms with Crippen molar-refractivity contribution >= 4 is 27.3 Å². The monoisotopic (exact) mass is 388 g/mol. The van der Waals surface area contributed by atoms with Crippen LogP contribution in [0.1, 0.15) is 39.7 Å². The van der Waals surface area contributed by atoms with Gasteiger partial charge in [-0.25, -0.2) is 13.4 Å². The third kappa shape index (κ3) is 4.77. The van der Waals surface area contributed by atoms with Gasteiger partial charge < -0.3 is 10.2 Å². The summed E-state index contributed by atoms with van der Waals surface area (Å²) in [7, 11) is -2.93. The Morgan fingerprint density at radius 2 is 1.89 bits per heavy atom. The van der Waals surface area contributed by atoms with Crippen LogP contribution in [0.5, 0.6) is 0 Å². The van der Waals surface area contributed by atoms with Crippen molar-refractivity contribution in [1.82, 2.24) is 9.97 Å². The van der Waals surface area contributed by atoms with Gasteiger partial charge in [0.1, 0.15) is 5.82 Å². The number of rotatable bonds is 5. The normalized spacial score (nSPS) is 19.0. The van der Waals surface area contributed by atoms with E-state index in [0.29, 0.717) is 18.9 Å².